The van der Waals surface area contributed by atoms with E-state index < -0.39 is 103 Å². The van der Waals surface area contributed by atoms with E-state index in [4.69, 9.17) is 23.2 Å². The number of amides is 4. The number of carbonyl (C=O) groups is 4. The number of alkyl halides is 2. The molecule has 2 heterocycles. The van der Waals surface area contributed by atoms with Gasteiger partial charge in [0, 0.05) is 18.1 Å². The van der Waals surface area contributed by atoms with Crippen molar-refractivity contribution in [3.63, 3.8) is 0 Å². The predicted octanol–water partition coefficient (Wildman–Crippen LogP) is 6.38. The van der Waals surface area contributed by atoms with Crippen LogP contribution in [0.2, 0.25) is 0 Å². The van der Waals surface area contributed by atoms with Crippen LogP contribution in [0.25, 0.3) is 0 Å². The molecule has 1 N–H and O–H groups in total. The fraction of sp³-hybridized carbons (Fsp3) is 0.294. The van der Waals surface area contributed by atoms with Crippen molar-refractivity contribution in [2.24, 2.45) is 17.8 Å². The molecular weight excluding hydrogens is 728 g/mol. The summed E-state index contributed by atoms with van der Waals surface area (Å²) < 4.78 is 73.3. The Hall–Kier alpha value is -4.89. The number of fused-ring (bicyclic) bond motifs is 4. The highest BCUT2D eigenvalue weighted by Gasteiger charge is 2.77. The molecule has 0 radical (unpaired) electrons. The van der Waals surface area contributed by atoms with Crippen molar-refractivity contribution in [1.29, 1.82) is 0 Å². The standard InChI is InChI=1S/C34H22Cl2F5N3O7/c1-12-9-14(10-13(2)28(12)45)21-17-7-8-18-20(30(47)42(29(18)46)15-3-5-16(6-4-15)44(50)51)19(17)11-33(35)31(48)43(32(49)34(21,33)36)27-25(40)23(38)22(37)24(39)26(27)41/h3-7,9-10,18-21,45H,8,11H2,1-2H3/t18-,19+,20-,21-,33+,34-/m0/s1. The number of hydrogen-bond acceptors (Lipinski definition) is 7. The van der Waals surface area contributed by atoms with Crippen molar-refractivity contribution in [1.82, 2.24) is 0 Å². The third-order valence-electron chi connectivity index (χ3n) is 10.4. The second kappa shape index (κ2) is 11.3. The fourth-order valence-corrected chi connectivity index (χ4v) is 9.01. The number of benzene rings is 3. The fourth-order valence-electron chi connectivity index (χ4n) is 8.07. The summed E-state index contributed by atoms with van der Waals surface area (Å²) in [6.45, 7) is 3.02. The average Bonchev–Trinajstić information content (AvgIpc) is 3.43. The normalized spacial score (nSPS) is 28.5. The Morgan fingerprint density at radius 2 is 1.37 bits per heavy atom. The van der Waals surface area contributed by atoms with Crippen LogP contribution in [-0.4, -0.2) is 43.4 Å². The molecule has 3 fully saturated rings. The molecule has 3 aromatic carbocycles. The first kappa shape index (κ1) is 34.6. The van der Waals surface area contributed by atoms with Gasteiger partial charge in [0.05, 0.1) is 22.4 Å². The second-order valence-corrected chi connectivity index (χ2v) is 14.2. The first-order chi connectivity index (χ1) is 23.9. The van der Waals surface area contributed by atoms with Crippen LogP contribution in [0.5, 0.6) is 5.75 Å². The number of aryl methyl sites for hydroxylation is 2. The number of hydrogen-bond donors (Lipinski definition) is 1. The molecular formula is C34H22Cl2F5N3O7. The Labute approximate surface area is 294 Å². The molecule has 10 nitrogen and oxygen atoms in total. The number of allylic oxidation sites excluding steroid dienone is 2. The number of phenolic OH excluding ortho intramolecular Hbond substituents is 1. The SMILES string of the molecule is Cc1cc([C@H]2C3=CC[C@@H]4C(=O)N(c5ccc([N+](=O)[O-])cc5)C(=O)[C@@H]4[C@@H]3C[C@@]3(Cl)C(=O)N(c4c(F)c(F)c(F)c(F)c4F)C(=O)[C@@]23Cl)cc(C)c1O. The predicted molar refractivity (Wildman–Crippen MR) is 170 cm³/mol. The van der Waals surface area contributed by atoms with Gasteiger partial charge in [0.15, 0.2) is 33.0 Å². The molecule has 3 aromatic rings. The Morgan fingerprint density at radius 3 is 1.92 bits per heavy atom. The summed E-state index contributed by atoms with van der Waals surface area (Å²) >= 11 is 14.3. The van der Waals surface area contributed by atoms with Crippen LogP contribution in [-0.2, 0) is 19.2 Å². The number of rotatable bonds is 4. The van der Waals surface area contributed by atoms with Gasteiger partial charge in [-0.3, -0.25) is 34.2 Å². The second-order valence-electron chi connectivity index (χ2n) is 13.0. The smallest absolute Gasteiger partial charge is 0.269 e. The van der Waals surface area contributed by atoms with E-state index in [1.165, 1.54) is 44.2 Å². The van der Waals surface area contributed by atoms with Gasteiger partial charge in [0.25, 0.3) is 17.5 Å². The third-order valence-corrected chi connectivity index (χ3v) is 11.8. The first-order valence-electron chi connectivity index (χ1n) is 15.3. The average molecular weight is 750 g/mol. The molecule has 4 amide bonds. The van der Waals surface area contributed by atoms with Gasteiger partial charge in [0.1, 0.15) is 11.4 Å². The van der Waals surface area contributed by atoms with Gasteiger partial charge in [-0.15, -0.1) is 23.2 Å². The summed E-state index contributed by atoms with van der Waals surface area (Å²) in [6, 6.07) is 7.43. The first-order valence-corrected chi connectivity index (χ1v) is 16.0. The van der Waals surface area contributed by atoms with Gasteiger partial charge in [-0.2, -0.15) is 0 Å². The van der Waals surface area contributed by atoms with Crippen molar-refractivity contribution in [2.45, 2.75) is 42.4 Å². The highest BCUT2D eigenvalue weighted by molar-refractivity contribution is 6.58. The van der Waals surface area contributed by atoms with Crippen LogP contribution >= 0.6 is 23.2 Å². The molecule has 17 heteroatoms. The summed E-state index contributed by atoms with van der Waals surface area (Å²) in [4.78, 5) is 62.3. The molecule has 264 valence electrons. The van der Waals surface area contributed by atoms with Crippen molar-refractivity contribution in [3.05, 3.63) is 104 Å². The maximum absolute atomic E-state index is 15.2. The number of non-ortho nitro benzene ring substituents is 1. The molecule has 2 saturated heterocycles. The zero-order chi connectivity index (χ0) is 37.2. The van der Waals surface area contributed by atoms with Gasteiger partial charge in [-0.25, -0.2) is 26.9 Å². The number of anilines is 2. The number of aromatic hydroxyl groups is 1. The minimum Gasteiger partial charge on any atom is -0.507 e. The Kier molecular flexibility index (Phi) is 7.66. The summed E-state index contributed by atoms with van der Waals surface area (Å²) in [5.41, 5.74) is -1.25. The summed E-state index contributed by atoms with van der Waals surface area (Å²) in [7, 11) is 0. The molecule has 0 aromatic heterocycles. The van der Waals surface area contributed by atoms with Crippen molar-refractivity contribution >= 4 is 63.9 Å². The van der Waals surface area contributed by atoms with Crippen LogP contribution < -0.4 is 9.80 Å². The molecule has 7 rings (SSSR count). The summed E-state index contributed by atoms with van der Waals surface area (Å²) in [6.07, 6.45) is 0.752. The zero-order valence-electron chi connectivity index (χ0n) is 26.1. The van der Waals surface area contributed by atoms with E-state index in [2.05, 4.69) is 0 Å². The van der Waals surface area contributed by atoms with E-state index in [1.54, 1.807) is 0 Å². The number of phenols is 1. The zero-order valence-corrected chi connectivity index (χ0v) is 27.7. The van der Waals surface area contributed by atoms with E-state index in [9.17, 15) is 47.6 Å². The van der Waals surface area contributed by atoms with Gasteiger partial charge in [-0.1, -0.05) is 23.8 Å². The lowest BCUT2D eigenvalue weighted by atomic mass is 9.56. The molecule has 4 aliphatic rings. The van der Waals surface area contributed by atoms with Gasteiger partial charge >= 0.3 is 0 Å². The molecule has 51 heavy (non-hydrogen) atoms. The topological polar surface area (TPSA) is 138 Å². The van der Waals surface area contributed by atoms with E-state index in [1.807, 2.05) is 0 Å². The molecule has 0 bridgehead atoms. The van der Waals surface area contributed by atoms with Crippen molar-refractivity contribution in [3.8, 4) is 5.75 Å². The maximum Gasteiger partial charge on any atom is 0.269 e. The van der Waals surface area contributed by atoms with E-state index in [0.717, 1.165) is 17.0 Å². The minimum absolute atomic E-state index is 0.0144. The quantitative estimate of drug-likeness (QED) is 0.0478. The highest BCUT2D eigenvalue weighted by atomic mass is 35.5. The lowest BCUT2D eigenvalue weighted by Gasteiger charge is -2.50. The van der Waals surface area contributed by atoms with Crippen LogP contribution in [0.3, 0.4) is 0 Å². The molecule has 1 saturated carbocycles. The van der Waals surface area contributed by atoms with Gasteiger partial charge in [0.2, 0.25) is 17.6 Å². The lowest BCUT2D eigenvalue weighted by molar-refractivity contribution is -0.384. The summed E-state index contributed by atoms with van der Waals surface area (Å²) in [5, 5.41) is 21.7. The molecule has 0 unspecified atom stereocenters. The lowest BCUT2D eigenvalue weighted by Crippen LogP contribution is -2.60. The molecule has 2 aliphatic heterocycles. The van der Waals surface area contributed by atoms with Gasteiger partial charge < -0.3 is 5.11 Å². The van der Waals surface area contributed by atoms with Gasteiger partial charge in [-0.05, 0) is 61.4 Å². The van der Waals surface area contributed by atoms with Crippen LogP contribution in [0, 0.1) is 70.8 Å². The number of nitrogens with zero attached hydrogens (tertiary/aromatic N) is 3. The number of halogens is 7. The number of nitro groups is 1. The van der Waals surface area contributed by atoms with E-state index in [-0.39, 0.29) is 50.7 Å². The van der Waals surface area contributed by atoms with E-state index >= 15 is 8.78 Å². The number of carbonyl (C=O) groups excluding carboxylic acids is 4. The molecule has 6 atom stereocenters. The monoisotopic (exact) mass is 749 g/mol. The third kappa shape index (κ3) is 4.40. The molecule has 0 spiro atoms. The van der Waals surface area contributed by atoms with Crippen molar-refractivity contribution in [2.75, 3.05) is 9.80 Å². The Bertz CT molecular complexity index is 2150. The number of nitro benzene ring substituents is 1. The highest BCUT2D eigenvalue weighted by Crippen LogP contribution is 2.66. The Morgan fingerprint density at radius 1 is 0.824 bits per heavy atom. The maximum atomic E-state index is 15.2. The molecule has 2 aliphatic carbocycles. The summed E-state index contributed by atoms with van der Waals surface area (Å²) in [5.74, 6) is -22.2. The number of imide groups is 2. The van der Waals surface area contributed by atoms with Crippen LogP contribution in [0.1, 0.15) is 35.4 Å². The van der Waals surface area contributed by atoms with E-state index in [0.29, 0.717) is 0 Å². The van der Waals surface area contributed by atoms with Crippen molar-refractivity contribution < 1.29 is 51.2 Å². The Balaban J connectivity index is 1.42. The van der Waals surface area contributed by atoms with Crippen LogP contribution in [0.15, 0.2) is 48.0 Å². The van der Waals surface area contributed by atoms with Crippen LogP contribution in [0.4, 0.5) is 39.0 Å². The largest absolute Gasteiger partial charge is 0.507 e. The minimum atomic E-state index is -2.71.